The summed E-state index contributed by atoms with van der Waals surface area (Å²) in [5, 5.41) is 19.8. The Morgan fingerprint density at radius 1 is 1.43 bits per heavy atom. The summed E-state index contributed by atoms with van der Waals surface area (Å²) < 4.78 is 10.7. The van der Waals surface area contributed by atoms with Gasteiger partial charge in [0.15, 0.2) is 0 Å². The van der Waals surface area contributed by atoms with Crippen molar-refractivity contribution in [2.45, 2.75) is 38.9 Å². The van der Waals surface area contributed by atoms with Gasteiger partial charge < -0.3 is 19.7 Å². The molecule has 116 valence electrons. The number of aliphatic hydroxyl groups excluding tert-OH is 2. The van der Waals surface area contributed by atoms with Crippen molar-refractivity contribution in [2.24, 2.45) is 5.92 Å². The average Bonchev–Trinajstić information content (AvgIpc) is 2.78. The van der Waals surface area contributed by atoms with Crippen LogP contribution in [0.5, 0.6) is 5.75 Å². The minimum atomic E-state index is -0.957. The fourth-order valence-electron chi connectivity index (χ4n) is 3.04. The second-order valence-electron chi connectivity index (χ2n) is 5.58. The highest BCUT2D eigenvalue weighted by atomic mass is 16.6. The molecule has 2 rings (SSSR count). The highest BCUT2D eigenvalue weighted by Gasteiger charge is 2.40. The Balaban J connectivity index is 2.34. The molecule has 0 radical (unpaired) electrons. The van der Waals surface area contributed by atoms with Crippen molar-refractivity contribution in [3.8, 4) is 5.75 Å². The topological polar surface area (TPSA) is 76.0 Å². The summed E-state index contributed by atoms with van der Waals surface area (Å²) in [5.41, 5.74) is 2.55. The first-order valence-electron chi connectivity index (χ1n) is 7.11. The maximum absolute atomic E-state index is 11.5. The summed E-state index contributed by atoms with van der Waals surface area (Å²) in [5.74, 6) is 0.0997. The number of ether oxygens (including phenoxy) is 2. The zero-order valence-electron chi connectivity index (χ0n) is 12.6. The van der Waals surface area contributed by atoms with E-state index in [0.29, 0.717) is 17.7 Å². The lowest BCUT2D eigenvalue weighted by Gasteiger charge is -2.25. The van der Waals surface area contributed by atoms with Crippen LogP contribution < -0.4 is 4.74 Å². The zero-order chi connectivity index (χ0) is 15.6. The lowest BCUT2D eigenvalue weighted by molar-refractivity contribution is -0.146. The van der Waals surface area contributed by atoms with Gasteiger partial charge in [0.2, 0.25) is 0 Å². The molecule has 1 aromatic carbocycles. The first kappa shape index (κ1) is 15.8. The molecule has 0 spiro atoms. The van der Waals surface area contributed by atoms with Crippen LogP contribution in [0.3, 0.4) is 0 Å². The van der Waals surface area contributed by atoms with E-state index in [0.717, 1.165) is 11.1 Å². The Kier molecular flexibility index (Phi) is 4.85. The van der Waals surface area contributed by atoms with E-state index in [9.17, 15) is 9.90 Å². The molecular formula is C16H22O5. The molecule has 2 N–H and O–H groups in total. The minimum absolute atomic E-state index is 0.0332. The van der Waals surface area contributed by atoms with Crippen LogP contribution in [0, 0.1) is 19.8 Å². The molecule has 1 aromatic rings. The van der Waals surface area contributed by atoms with Gasteiger partial charge in [-0.15, -0.1) is 0 Å². The maximum atomic E-state index is 11.5. The second kappa shape index (κ2) is 6.45. The molecule has 0 amide bonds. The van der Waals surface area contributed by atoms with Gasteiger partial charge in [0.25, 0.3) is 0 Å². The number of hydrogen-bond donors (Lipinski definition) is 2. The third kappa shape index (κ3) is 3.19. The van der Waals surface area contributed by atoms with Crippen LogP contribution in [-0.2, 0) is 9.53 Å². The standard InChI is InChI=1S/C16H22O5/c1-9-6-10(2)15(20-3)12(7-9)14(19)16-11(4-5-17)8-13(18)21-16/h6-7,11,14,16-17,19H,4-5,8H2,1-3H3/t11-,14?,16-/m1/s1. The van der Waals surface area contributed by atoms with Crippen molar-refractivity contribution in [1.82, 2.24) is 0 Å². The van der Waals surface area contributed by atoms with Crippen molar-refractivity contribution in [3.63, 3.8) is 0 Å². The zero-order valence-corrected chi connectivity index (χ0v) is 12.6. The van der Waals surface area contributed by atoms with Crippen molar-refractivity contribution in [2.75, 3.05) is 13.7 Å². The molecule has 0 aliphatic carbocycles. The highest BCUT2D eigenvalue weighted by Crippen LogP contribution is 2.39. The summed E-state index contributed by atoms with van der Waals surface area (Å²) in [4.78, 5) is 11.5. The first-order valence-corrected chi connectivity index (χ1v) is 7.11. The number of benzene rings is 1. The number of carbonyl (C=O) groups is 1. The number of esters is 1. The fourth-order valence-corrected chi connectivity index (χ4v) is 3.04. The fraction of sp³-hybridized carbons (Fsp3) is 0.562. The Bertz CT molecular complexity index is 526. The Morgan fingerprint density at radius 2 is 2.14 bits per heavy atom. The van der Waals surface area contributed by atoms with Gasteiger partial charge in [-0.3, -0.25) is 4.79 Å². The molecule has 5 heteroatoms. The number of rotatable bonds is 5. The van der Waals surface area contributed by atoms with Gasteiger partial charge in [0.05, 0.1) is 13.5 Å². The molecule has 3 atom stereocenters. The normalized spacial score (nSPS) is 23.0. The highest BCUT2D eigenvalue weighted by molar-refractivity contribution is 5.72. The smallest absolute Gasteiger partial charge is 0.306 e. The summed E-state index contributed by atoms with van der Waals surface area (Å²) in [6.07, 6.45) is -0.933. The van der Waals surface area contributed by atoms with Crippen molar-refractivity contribution < 1.29 is 24.5 Å². The molecule has 0 saturated carbocycles. The van der Waals surface area contributed by atoms with E-state index in [-0.39, 0.29) is 24.9 Å². The number of aliphatic hydroxyl groups is 2. The van der Waals surface area contributed by atoms with Gasteiger partial charge in [0, 0.05) is 18.1 Å². The van der Waals surface area contributed by atoms with Crippen molar-refractivity contribution in [3.05, 3.63) is 28.8 Å². The lowest BCUT2D eigenvalue weighted by atomic mass is 9.89. The van der Waals surface area contributed by atoms with E-state index >= 15 is 0 Å². The van der Waals surface area contributed by atoms with E-state index in [1.165, 1.54) is 0 Å². The van der Waals surface area contributed by atoms with Gasteiger partial charge in [-0.05, 0) is 31.9 Å². The molecule has 1 saturated heterocycles. The largest absolute Gasteiger partial charge is 0.496 e. The molecule has 1 heterocycles. The number of aryl methyl sites for hydroxylation is 2. The van der Waals surface area contributed by atoms with Crippen LogP contribution in [0.2, 0.25) is 0 Å². The quantitative estimate of drug-likeness (QED) is 0.808. The van der Waals surface area contributed by atoms with E-state index < -0.39 is 12.2 Å². The summed E-state index contributed by atoms with van der Waals surface area (Å²) >= 11 is 0. The van der Waals surface area contributed by atoms with Crippen LogP contribution in [0.15, 0.2) is 12.1 Å². The van der Waals surface area contributed by atoms with Gasteiger partial charge in [-0.1, -0.05) is 11.6 Å². The monoisotopic (exact) mass is 294 g/mol. The van der Waals surface area contributed by atoms with Crippen LogP contribution in [0.4, 0.5) is 0 Å². The first-order chi connectivity index (χ1) is 9.97. The maximum Gasteiger partial charge on any atom is 0.306 e. The number of carbonyl (C=O) groups excluding carboxylic acids is 1. The molecule has 1 aliphatic heterocycles. The van der Waals surface area contributed by atoms with Gasteiger partial charge in [0.1, 0.15) is 18.0 Å². The molecular weight excluding hydrogens is 272 g/mol. The predicted octanol–water partition coefficient (Wildman–Crippen LogP) is 1.66. The summed E-state index contributed by atoms with van der Waals surface area (Å²) in [6.45, 7) is 3.82. The van der Waals surface area contributed by atoms with E-state index in [2.05, 4.69) is 0 Å². The van der Waals surface area contributed by atoms with Crippen molar-refractivity contribution in [1.29, 1.82) is 0 Å². The molecule has 0 bridgehead atoms. The van der Waals surface area contributed by atoms with Gasteiger partial charge in [-0.25, -0.2) is 0 Å². The molecule has 1 aliphatic rings. The lowest BCUT2D eigenvalue weighted by Crippen LogP contribution is -2.26. The van der Waals surface area contributed by atoms with E-state index in [1.54, 1.807) is 7.11 Å². The number of methoxy groups -OCH3 is 1. The Hall–Kier alpha value is -1.59. The minimum Gasteiger partial charge on any atom is -0.496 e. The van der Waals surface area contributed by atoms with Crippen LogP contribution in [0.25, 0.3) is 0 Å². The summed E-state index contributed by atoms with van der Waals surface area (Å²) in [7, 11) is 1.56. The Morgan fingerprint density at radius 3 is 2.76 bits per heavy atom. The van der Waals surface area contributed by atoms with Gasteiger partial charge in [-0.2, -0.15) is 0 Å². The van der Waals surface area contributed by atoms with Crippen LogP contribution in [-0.4, -0.2) is 36.0 Å². The Labute approximate surface area is 124 Å². The van der Waals surface area contributed by atoms with Crippen LogP contribution in [0.1, 0.15) is 35.6 Å². The molecule has 0 aromatic heterocycles. The number of cyclic esters (lactones) is 1. The van der Waals surface area contributed by atoms with E-state index in [1.807, 2.05) is 26.0 Å². The number of hydrogen-bond acceptors (Lipinski definition) is 5. The SMILES string of the molecule is COc1c(C)cc(C)cc1C(O)[C@@H]1OC(=O)C[C@H]1CCO. The van der Waals surface area contributed by atoms with Crippen LogP contribution >= 0.6 is 0 Å². The molecule has 1 fully saturated rings. The summed E-state index contributed by atoms with van der Waals surface area (Å²) in [6, 6.07) is 3.82. The third-order valence-electron chi connectivity index (χ3n) is 3.94. The average molecular weight is 294 g/mol. The van der Waals surface area contributed by atoms with E-state index in [4.69, 9.17) is 14.6 Å². The molecule has 5 nitrogen and oxygen atoms in total. The second-order valence-corrected chi connectivity index (χ2v) is 5.58. The predicted molar refractivity (Wildman–Crippen MR) is 77.1 cm³/mol. The molecule has 21 heavy (non-hydrogen) atoms. The van der Waals surface area contributed by atoms with Crippen molar-refractivity contribution >= 4 is 5.97 Å². The molecule has 1 unspecified atom stereocenters. The third-order valence-corrected chi connectivity index (χ3v) is 3.94. The van der Waals surface area contributed by atoms with Gasteiger partial charge >= 0.3 is 5.97 Å².